The Morgan fingerprint density at radius 2 is 1.97 bits per heavy atom. The molecule has 5 nitrogen and oxygen atoms in total. The van der Waals surface area contributed by atoms with Crippen LogP contribution in [0.15, 0.2) is 23.8 Å². The van der Waals surface area contributed by atoms with Gasteiger partial charge in [0.05, 0.1) is 11.9 Å². The van der Waals surface area contributed by atoms with Gasteiger partial charge in [0.25, 0.3) is 0 Å². The van der Waals surface area contributed by atoms with Gasteiger partial charge in [0, 0.05) is 34.3 Å². The van der Waals surface area contributed by atoms with E-state index in [2.05, 4.69) is 13.8 Å². The number of fused-ring (bicyclic) bond motifs is 5. The van der Waals surface area contributed by atoms with E-state index in [1.165, 1.54) is 22.9 Å². The Hall–Kier alpha value is -1.12. The third-order valence-corrected chi connectivity index (χ3v) is 12.6. The monoisotopic (exact) mass is 552 g/mol. The summed E-state index contributed by atoms with van der Waals surface area (Å²) in [6.07, 6.45) is 5.63. The number of alkyl halides is 1. The average molecular weight is 553 g/mol. The number of Topliss-reactive ketones (excluding diaryl/α,β-unsaturated/α-hetero) is 1. The van der Waals surface area contributed by atoms with Crippen molar-refractivity contribution in [3.05, 3.63) is 23.8 Å². The maximum atomic E-state index is 17.5. The minimum Gasteiger partial charge on any atom is -0.450 e. The largest absolute Gasteiger partial charge is 0.450 e. The lowest BCUT2D eigenvalue weighted by Crippen LogP contribution is -2.70. The van der Waals surface area contributed by atoms with Crippen molar-refractivity contribution in [2.75, 3.05) is 5.75 Å². The number of ketones is 2. The Morgan fingerprint density at radius 1 is 1.27 bits per heavy atom. The van der Waals surface area contributed by atoms with Gasteiger partial charge in [-0.2, -0.15) is 0 Å². The molecule has 8 atom stereocenters. The first-order chi connectivity index (χ1) is 17.3. The van der Waals surface area contributed by atoms with Crippen LogP contribution in [0.5, 0.6) is 0 Å². The number of rotatable bonds is 8. The average Bonchev–Trinajstić information content (AvgIpc) is 3.02. The normalized spacial score (nSPS) is 42.6. The number of aliphatic hydroxyl groups is 1. The highest BCUT2D eigenvalue weighted by atomic mass is 33.1. The standard InChI is InChI=1S/C29H41FO5S2/c1-7-8-25(34)35-29(24(33)16-36-37-17(2)3)18(4)13-22-21-10-9-19-14-20(31)11-12-26(19,5)28(21,30)23(32)15-27(22,29)6/h11-12,14,17-18,21-23,32H,7-10,13,15-16H2,1-6H3/t18-,21-,22-,23-,26-,27-,28-,29-/m0/s1. The van der Waals surface area contributed by atoms with E-state index in [0.717, 1.165) is 5.57 Å². The number of halogens is 1. The lowest BCUT2D eigenvalue weighted by molar-refractivity contribution is -0.227. The number of hydrogen-bond acceptors (Lipinski definition) is 7. The fourth-order valence-corrected chi connectivity index (χ4v) is 10.2. The van der Waals surface area contributed by atoms with Crippen molar-refractivity contribution in [1.29, 1.82) is 0 Å². The molecule has 0 radical (unpaired) electrons. The summed E-state index contributed by atoms with van der Waals surface area (Å²) in [6, 6.07) is 0. The second kappa shape index (κ2) is 10.1. The van der Waals surface area contributed by atoms with Gasteiger partial charge >= 0.3 is 5.97 Å². The molecule has 37 heavy (non-hydrogen) atoms. The minimum atomic E-state index is -1.98. The maximum absolute atomic E-state index is 17.5. The van der Waals surface area contributed by atoms with Crippen LogP contribution in [-0.2, 0) is 19.1 Å². The molecule has 1 N–H and O–H groups in total. The molecule has 0 aliphatic heterocycles. The molecule has 4 rings (SSSR count). The summed E-state index contributed by atoms with van der Waals surface area (Å²) >= 11 is 0. The van der Waals surface area contributed by atoms with Crippen LogP contribution in [0.1, 0.15) is 80.1 Å². The molecular weight excluding hydrogens is 511 g/mol. The second-order valence-corrected chi connectivity index (χ2v) is 15.1. The zero-order chi connectivity index (χ0) is 27.4. The Kier molecular flexibility index (Phi) is 7.90. The first-order valence-electron chi connectivity index (χ1n) is 13.6. The third-order valence-electron chi connectivity index (χ3n) is 9.77. The minimum absolute atomic E-state index is 0.0206. The van der Waals surface area contributed by atoms with E-state index in [0.29, 0.717) is 30.9 Å². The van der Waals surface area contributed by atoms with Gasteiger partial charge in [-0.3, -0.25) is 14.4 Å². The summed E-state index contributed by atoms with van der Waals surface area (Å²) in [5.74, 6) is -1.59. The molecule has 0 saturated heterocycles. The van der Waals surface area contributed by atoms with Gasteiger partial charge in [-0.15, -0.1) is 0 Å². The van der Waals surface area contributed by atoms with Gasteiger partial charge < -0.3 is 9.84 Å². The first-order valence-corrected chi connectivity index (χ1v) is 16.0. The molecular formula is C29H41FO5S2. The van der Waals surface area contributed by atoms with Gasteiger partial charge in [0.15, 0.2) is 22.8 Å². The molecule has 3 saturated carbocycles. The Morgan fingerprint density at radius 3 is 2.62 bits per heavy atom. The molecule has 0 aromatic carbocycles. The van der Waals surface area contributed by atoms with Gasteiger partial charge in [-0.25, -0.2) is 4.39 Å². The van der Waals surface area contributed by atoms with Crippen LogP contribution < -0.4 is 0 Å². The molecule has 0 aromatic heterocycles. The topological polar surface area (TPSA) is 80.7 Å². The van der Waals surface area contributed by atoms with Gasteiger partial charge in [0.2, 0.25) is 0 Å². The van der Waals surface area contributed by atoms with Crippen LogP contribution in [0.25, 0.3) is 0 Å². The molecule has 4 aliphatic carbocycles. The van der Waals surface area contributed by atoms with Crippen LogP contribution in [0.2, 0.25) is 0 Å². The van der Waals surface area contributed by atoms with Crippen molar-refractivity contribution in [2.24, 2.45) is 28.6 Å². The number of carbonyl (C=O) groups excluding carboxylic acids is 3. The van der Waals surface area contributed by atoms with E-state index in [9.17, 15) is 19.5 Å². The van der Waals surface area contributed by atoms with Crippen molar-refractivity contribution in [3.63, 3.8) is 0 Å². The molecule has 8 heteroatoms. The van der Waals surface area contributed by atoms with Crippen molar-refractivity contribution in [3.8, 4) is 0 Å². The fraction of sp³-hybridized carbons (Fsp3) is 0.759. The molecule has 206 valence electrons. The van der Waals surface area contributed by atoms with Crippen LogP contribution in [0.4, 0.5) is 4.39 Å². The molecule has 0 bridgehead atoms. The van der Waals surface area contributed by atoms with Crippen molar-refractivity contribution in [1.82, 2.24) is 0 Å². The van der Waals surface area contributed by atoms with Crippen LogP contribution in [0.3, 0.4) is 0 Å². The third kappa shape index (κ3) is 4.19. The highest BCUT2D eigenvalue weighted by molar-refractivity contribution is 8.77. The lowest BCUT2D eigenvalue weighted by atomic mass is 9.44. The van der Waals surface area contributed by atoms with Crippen LogP contribution in [0, 0.1) is 28.6 Å². The second-order valence-electron chi connectivity index (χ2n) is 12.2. The van der Waals surface area contributed by atoms with Crippen LogP contribution in [-0.4, -0.2) is 51.0 Å². The molecule has 0 amide bonds. The molecule has 3 fully saturated rings. The van der Waals surface area contributed by atoms with E-state index in [1.807, 2.05) is 20.8 Å². The Labute approximate surface area is 228 Å². The number of esters is 1. The van der Waals surface area contributed by atoms with E-state index < -0.39 is 40.1 Å². The van der Waals surface area contributed by atoms with Crippen molar-refractivity contribution < 1.29 is 28.6 Å². The van der Waals surface area contributed by atoms with E-state index in [-0.39, 0.29) is 42.0 Å². The summed E-state index contributed by atoms with van der Waals surface area (Å²) in [5.41, 5.74) is -4.65. The number of carbonyl (C=O) groups is 3. The number of allylic oxidation sites excluding steroid dienone is 4. The molecule has 0 aromatic rings. The SMILES string of the molecule is CCCC(=O)O[C@]1(C(=O)CSSC(C)C)[C@@H](C)C[C@H]2[C@@H]3CCC4=CC(=O)C=C[C@]4(C)[C@@]3(F)[C@@H](O)C[C@@]21C. The van der Waals surface area contributed by atoms with Crippen LogP contribution >= 0.6 is 21.6 Å². The first kappa shape index (κ1) is 28.9. The summed E-state index contributed by atoms with van der Waals surface area (Å²) in [4.78, 5) is 39.2. The highest BCUT2D eigenvalue weighted by Gasteiger charge is 2.77. The summed E-state index contributed by atoms with van der Waals surface area (Å²) < 4.78 is 23.7. The maximum Gasteiger partial charge on any atom is 0.306 e. The number of hydrogen-bond donors (Lipinski definition) is 1. The molecule has 4 aliphatic rings. The number of aliphatic hydroxyl groups excluding tert-OH is 1. The Bertz CT molecular complexity index is 1030. The van der Waals surface area contributed by atoms with E-state index in [1.54, 1.807) is 23.8 Å². The predicted octanol–water partition coefficient (Wildman–Crippen LogP) is 6.04. The van der Waals surface area contributed by atoms with Gasteiger partial charge in [-0.05, 0) is 57.1 Å². The molecule has 0 spiro atoms. The quantitative estimate of drug-likeness (QED) is 0.290. The van der Waals surface area contributed by atoms with E-state index >= 15 is 4.39 Å². The van der Waals surface area contributed by atoms with Gasteiger partial charge in [-0.1, -0.05) is 67.9 Å². The Balaban J connectivity index is 1.78. The molecule has 0 unspecified atom stereocenters. The zero-order valence-electron chi connectivity index (χ0n) is 22.8. The summed E-state index contributed by atoms with van der Waals surface area (Å²) in [7, 11) is 3.07. The smallest absolute Gasteiger partial charge is 0.306 e. The summed E-state index contributed by atoms with van der Waals surface area (Å²) in [6.45, 7) is 11.7. The number of ether oxygens (including phenoxy) is 1. The fourth-order valence-electron chi connectivity index (χ4n) is 8.16. The predicted molar refractivity (Wildman–Crippen MR) is 147 cm³/mol. The van der Waals surface area contributed by atoms with Gasteiger partial charge in [0.1, 0.15) is 0 Å². The lowest BCUT2D eigenvalue weighted by Gasteiger charge is -2.62. The highest BCUT2D eigenvalue weighted by Crippen LogP contribution is 2.71. The van der Waals surface area contributed by atoms with Crippen molar-refractivity contribution >= 4 is 39.1 Å². The zero-order valence-corrected chi connectivity index (χ0v) is 24.5. The van der Waals surface area contributed by atoms with Crippen molar-refractivity contribution in [2.45, 2.75) is 103 Å². The van der Waals surface area contributed by atoms with E-state index in [4.69, 9.17) is 4.74 Å². The summed E-state index contributed by atoms with van der Waals surface area (Å²) in [5, 5.41) is 12.0. The molecule has 0 heterocycles.